The summed E-state index contributed by atoms with van der Waals surface area (Å²) < 4.78 is 84.8. The molecular weight excluding hydrogens is 666 g/mol. The van der Waals surface area contributed by atoms with Gasteiger partial charge in [0.05, 0.1) is 24.1 Å². The molecule has 1 fully saturated rings. The smallest absolute Gasteiger partial charge is 0.251 e. The number of pyridine rings is 1. The van der Waals surface area contributed by atoms with Gasteiger partial charge in [-0.25, -0.2) is 22.0 Å². The van der Waals surface area contributed by atoms with E-state index in [-0.39, 0.29) is 29.1 Å². The number of carbonyl (C=O) groups is 1. The van der Waals surface area contributed by atoms with Crippen molar-refractivity contribution in [3.05, 3.63) is 142 Å². The summed E-state index contributed by atoms with van der Waals surface area (Å²) in [7, 11) is 2.14. The number of hydrogen-bond acceptors (Lipinski definition) is 4. The van der Waals surface area contributed by atoms with Crippen LogP contribution in [0.3, 0.4) is 0 Å². The summed E-state index contributed by atoms with van der Waals surface area (Å²) in [6, 6.07) is 20.8. The topological polar surface area (TPSA) is 65.4 Å². The van der Waals surface area contributed by atoms with Crippen molar-refractivity contribution in [1.82, 2.24) is 8.87 Å². The second kappa shape index (κ2) is 14.1. The monoisotopic (exact) mass is 694 g/mol. The summed E-state index contributed by atoms with van der Waals surface area (Å²) in [5.74, 6) is -6.12. The zero-order valence-electron chi connectivity index (χ0n) is 25.3. The quantitative estimate of drug-likeness (QED) is 0.0569. The molecule has 6 rings (SSSR count). The molecule has 12 heteroatoms. The third kappa shape index (κ3) is 7.15. The summed E-state index contributed by atoms with van der Waals surface area (Å²) in [4.78, 5) is 26.0. The van der Waals surface area contributed by atoms with Crippen LogP contribution in [0.4, 0.5) is 22.0 Å². The van der Waals surface area contributed by atoms with E-state index in [0.717, 1.165) is 23.8 Å². The van der Waals surface area contributed by atoms with Crippen LogP contribution in [0.1, 0.15) is 34.7 Å². The summed E-state index contributed by atoms with van der Waals surface area (Å²) in [5.41, 5.74) is 2.73. The SMILES string of the molecule is O=C(Cn1cc([S+]([O-])N2CCC(c3ccc(-c4cc(F)c(F)c(F)c4)cc3)CC2)ccc1=O)c1ccc(-c2cc(F)c(F)c(P)c2)cc1. The number of Topliss-reactive ketones (excluding diaryl/α,β-unsaturated/α-hetero) is 1. The number of ketones is 1. The summed E-state index contributed by atoms with van der Waals surface area (Å²) >= 11 is -1.58. The second-order valence-corrected chi connectivity index (χ2v) is 13.6. The van der Waals surface area contributed by atoms with Gasteiger partial charge in [-0.2, -0.15) is 0 Å². The van der Waals surface area contributed by atoms with Crippen molar-refractivity contribution in [3.63, 3.8) is 0 Å². The fourth-order valence-electron chi connectivity index (χ4n) is 5.78. The van der Waals surface area contributed by atoms with Crippen LogP contribution in [0, 0.1) is 29.1 Å². The van der Waals surface area contributed by atoms with Crippen molar-refractivity contribution in [2.75, 3.05) is 13.1 Å². The Morgan fingerprint density at radius 2 is 1.29 bits per heavy atom. The predicted octanol–water partition coefficient (Wildman–Crippen LogP) is 7.16. The Morgan fingerprint density at radius 1 is 0.750 bits per heavy atom. The molecule has 2 unspecified atom stereocenters. The Hall–Kier alpha value is -4.15. The van der Waals surface area contributed by atoms with Gasteiger partial charge >= 0.3 is 0 Å². The van der Waals surface area contributed by atoms with E-state index < -0.39 is 46.0 Å². The summed E-state index contributed by atoms with van der Waals surface area (Å²) in [6.45, 7) is 0.737. The number of halogens is 5. The molecule has 2 atom stereocenters. The van der Waals surface area contributed by atoms with Crippen molar-refractivity contribution >= 4 is 31.7 Å². The zero-order valence-corrected chi connectivity index (χ0v) is 27.2. The van der Waals surface area contributed by atoms with Crippen molar-refractivity contribution in [2.45, 2.75) is 30.2 Å². The largest absolute Gasteiger partial charge is 0.593 e. The fourth-order valence-corrected chi connectivity index (χ4v) is 7.34. The van der Waals surface area contributed by atoms with Crippen molar-refractivity contribution in [3.8, 4) is 22.3 Å². The Labute approximate surface area is 278 Å². The fraction of sp³-hybridized carbons (Fsp3) is 0.167. The van der Waals surface area contributed by atoms with Crippen LogP contribution in [0.25, 0.3) is 22.3 Å². The van der Waals surface area contributed by atoms with Crippen LogP contribution in [0.2, 0.25) is 0 Å². The molecule has 1 aliphatic heterocycles. The molecular formula is C36H28F5N2O3PS. The van der Waals surface area contributed by atoms with Gasteiger partial charge in [0.1, 0.15) is 0 Å². The molecule has 0 amide bonds. The molecule has 246 valence electrons. The minimum atomic E-state index is -1.58. The van der Waals surface area contributed by atoms with Crippen molar-refractivity contribution in [1.29, 1.82) is 0 Å². The van der Waals surface area contributed by atoms with E-state index in [4.69, 9.17) is 0 Å². The number of piperidine rings is 1. The lowest BCUT2D eigenvalue weighted by molar-refractivity contribution is 0.0970. The Balaban J connectivity index is 1.08. The van der Waals surface area contributed by atoms with Gasteiger partial charge in [-0.15, -0.1) is 13.5 Å². The molecule has 1 aliphatic rings. The maximum atomic E-state index is 13.9. The van der Waals surface area contributed by atoms with E-state index in [1.165, 1.54) is 29.0 Å². The van der Waals surface area contributed by atoms with E-state index in [0.29, 0.717) is 53.1 Å². The van der Waals surface area contributed by atoms with E-state index in [2.05, 4.69) is 9.24 Å². The molecule has 2 heterocycles. The van der Waals surface area contributed by atoms with Crippen LogP contribution in [0.15, 0.2) is 101 Å². The minimum Gasteiger partial charge on any atom is -0.593 e. The van der Waals surface area contributed by atoms with Crippen molar-refractivity contribution in [2.24, 2.45) is 0 Å². The molecule has 0 aliphatic carbocycles. The molecule has 0 radical (unpaired) electrons. The lowest BCUT2D eigenvalue weighted by Crippen LogP contribution is -2.38. The molecule has 5 nitrogen and oxygen atoms in total. The number of nitrogens with zero attached hydrogens (tertiary/aromatic N) is 2. The van der Waals surface area contributed by atoms with Gasteiger partial charge in [-0.1, -0.05) is 48.5 Å². The van der Waals surface area contributed by atoms with Gasteiger partial charge in [0.2, 0.25) is 0 Å². The number of rotatable bonds is 8. The molecule has 0 spiro atoms. The average molecular weight is 695 g/mol. The predicted molar refractivity (Wildman–Crippen MR) is 178 cm³/mol. The molecule has 1 saturated heterocycles. The van der Waals surface area contributed by atoms with Gasteiger partial charge in [0.25, 0.3) is 5.56 Å². The second-order valence-electron chi connectivity index (χ2n) is 11.5. The normalized spacial score (nSPS) is 14.6. The van der Waals surface area contributed by atoms with Crippen LogP contribution in [-0.2, 0) is 17.9 Å². The highest BCUT2D eigenvalue weighted by Crippen LogP contribution is 2.33. The Kier molecular flexibility index (Phi) is 9.94. The lowest BCUT2D eigenvalue weighted by atomic mass is 9.89. The third-order valence-electron chi connectivity index (χ3n) is 8.46. The van der Waals surface area contributed by atoms with Crippen LogP contribution < -0.4 is 10.9 Å². The number of carbonyl (C=O) groups excluding carboxylic acids is 1. The van der Waals surface area contributed by atoms with Gasteiger partial charge in [0.15, 0.2) is 39.8 Å². The molecule has 48 heavy (non-hydrogen) atoms. The molecule has 0 N–H and O–H groups in total. The molecule has 4 aromatic carbocycles. The minimum absolute atomic E-state index is 0.0832. The van der Waals surface area contributed by atoms with E-state index in [1.807, 2.05) is 12.1 Å². The zero-order chi connectivity index (χ0) is 34.1. The molecule has 5 aromatic rings. The van der Waals surface area contributed by atoms with E-state index in [1.54, 1.807) is 40.7 Å². The van der Waals surface area contributed by atoms with Gasteiger partial charge in [0, 0.05) is 36.1 Å². The molecule has 1 aromatic heterocycles. The highest BCUT2D eigenvalue weighted by molar-refractivity contribution is 7.89. The Bertz CT molecular complexity index is 2000. The maximum Gasteiger partial charge on any atom is 0.251 e. The first-order valence-corrected chi connectivity index (χ1v) is 16.7. The average Bonchev–Trinajstić information content (AvgIpc) is 3.10. The van der Waals surface area contributed by atoms with Crippen LogP contribution >= 0.6 is 9.24 Å². The maximum absolute atomic E-state index is 13.9. The number of benzene rings is 4. The van der Waals surface area contributed by atoms with E-state index in [9.17, 15) is 36.1 Å². The van der Waals surface area contributed by atoms with Crippen molar-refractivity contribution < 1.29 is 31.3 Å². The standard InChI is InChI=1S/C36H28F5N2O3PS/c37-29-15-26(16-30(38)35(29)40)22-3-1-21(2-4-22)24-11-13-43(14-12-24)48(46)28-9-10-34(45)42(19-28)20-32(44)25-7-5-23(6-8-25)27-17-31(39)36(41)33(47)18-27/h1-10,15-19,24H,11-14,20,47H2. The third-order valence-corrected chi connectivity index (χ3v) is 10.4. The van der Waals surface area contributed by atoms with E-state index >= 15 is 0 Å². The Morgan fingerprint density at radius 3 is 1.88 bits per heavy atom. The first-order valence-electron chi connectivity index (χ1n) is 15.0. The van der Waals surface area contributed by atoms with Gasteiger partial charge < -0.3 is 9.12 Å². The van der Waals surface area contributed by atoms with Gasteiger partial charge in [-0.05, 0) is 70.8 Å². The number of aromatic nitrogens is 1. The summed E-state index contributed by atoms with van der Waals surface area (Å²) in [5, 5.41) is 0.0832. The molecule has 0 saturated carbocycles. The molecule has 0 bridgehead atoms. The highest BCUT2D eigenvalue weighted by Gasteiger charge is 2.30. The van der Waals surface area contributed by atoms with Gasteiger partial charge in [-0.3, -0.25) is 9.59 Å². The summed E-state index contributed by atoms with van der Waals surface area (Å²) in [6.07, 6.45) is 2.82. The first-order chi connectivity index (χ1) is 23.0. The first kappa shape index (κ1) is 33.7. The van der Waals surface area contributed by atoms with Crippen LogP contribution in [-0.4, -0.2) is 32.3 Å². The lowest BCUT2D eigenvalue weighted by Gasteiger charge is -2.32. The van der Waals surface area contributed by atoms with Crippen LogP contribution in [0.5, 0.6) is 0 Å². The highest BCUT2D eigenvalue weighted by atomic mass is 32.2. The number of hydrogen-bond donors (Lipinski definition) is 0.